The van der Waals surface area contributed by atoms with E-state index >= 15 is 0 Å². The van der Waals surface area contributed by atoms with E-state index in [2.05, 4.69) is 22.3 Å². The number of benzene rings is 1. The Hall–Kier alpha value is -3.46. The molecule has 0 saturated carbocycles. The molecule has 1 aromatic carbocycles. The molecule has 2 saturated heterocycles. The van der Waals surface area contributed by atoms with Crippen LogP contribution >= 0.6 is 0 Å². The van der Waals surface area contributed by atoms with Gasteiger partial charge in [-0.3, -0.25) is 14.3 Å². The van der Waals surface area contributed by atoms with Crippen LogP contribution in [0.15, 0.2) is 18.3 Å². The van der Waals surface area contributed by atoms with Crippen molar-refractivity contribution in [3.05, 3.63) is 52.3 Å². The number of likely N-dealkylation sites (tertiary alicyclic amines) is 1. The van der Waals surface area contributed by atoms with E-state index in [9.17, 15) is 31.5 Å². The van der Waals surface area contributed by atoms with Crippen LogP contribution in [0.5, 0.6) is 0 Å². The van der Waals surface area contributed by atoms with Gasteiger partial charge in [0.15, 0.2) is 0 Å². The second-order valence-corrected chi connectivity index (χ2v) is 9.24. The minimum absolute atomic E-state index is 0.0913. The SMILES string of the molecule is Cc1cnn(C)c1C(=O)N1[C@@H](C(=O)N[C@@H](c2cc(F)c(C(F)(F)F)cc2F)C2COC2)C[C@H]2C#C[C@H]21. The Morgan fingerprint density at radius 3 is 2.44 bits per heavy atom. The maximum absolute atomic E-state index is 14.8. The number of aromatic nitrogens is 2. The van der Waals surface area contributed by atoms with Crippen LogP contribution in [-0.4, -0.2) is 51.8 Å². The molecule has 3 aliphatic rings. The minimum atomic E-state index is -5.07. The van der Waals surface area contributed by atoms with Crippen molar-refractivity contribution in [1.29, 1.82) is 0 Å². The van der Waals surface area contributed by atoms with Crippen molar-refractivity contribution < 1.29 is 36.3 Å². The van der Waals surface area contributed by atoms with E-state index in [1.165, 1.54) is 15.8 Å². The van der Waals surface area contributed by atoms with Crippen LogP contribution in [0.2, 0.25) is 0 Å². The molecule has 1 N–H and O–H groups in total. The van der Waals surface area contributed by atoms with Crippen molar-refractivity contribution in [2.45, 2.75) is 37.6 Å². The normalized spacial score (nSPS) is 23.8. The third kappa shape index (κ3) is 3.91. The second kappa shape index (κ2) is 8.58. The number of carbonyl (C=O) groups is 2. The maximum Gasteiger partial charge on any atom is 0.419 e. The number of alkyl halides is 3. The number of hydrogen-bond donors (Lipinski definition) is 1. The summed E-state index contributed by atoms with van der Waals surface area (Å²) in [4.78, 5) is 28.2. The molecule has 3 heterocycles. The zero-order chi connectivity index (χ0) is 25.9. The van der Waals surface area contributed by atoms with E-state index in [-0.39, 0.29) is 31.6 Å². The fourth-order valence-electron chi connectivity index (χ4n) is 4.92. The summed E-state index contributed by atoms with van der Waals surface area (Å²) in [7, 11) is 1.60. The number of nitrogens with zero attached hydrogens (tertiary/aromatic N) is 3. The summed E-state index contributed by atoms with van der Waals surface area (Å²) in [5.74, 6) is 1.11. The van der Waals surface area contributed by atoms with E-state index in [0.29, 0.717) is 17.3 Å². The van der Waals surface area contributed by atoms with Gasteiger partial charge < -0.3 is 15.0 Å². The summed E-state index contributed by atoms with van der Waals surface area (Å²) >= 11 is 0. The summed E-state index contributed by atoms with van der Waals surface area (Å²) in [6.07, 6.45) is -3.31. The third-order valence-corrected chi connectivity index (χ3v) is 6.93. The number of hydrogen-bond acceptors (Lipinski definition) is 4. The van der Waals surface area contributed by atoms with Crippen LogP contribution < -0.4 is 5.32 Å². The van der Waals surface area contributed by atoms with E-state index < -0.39 is 64.8 Å². The monoisotopic (exact) mass is 508 g/mol. The van der Waals surface area contributed by atoms with E-state index in [0.717, 1.165) is 0 Å². The number of rotatable bonds is 5. The highest BCUT2D eigenvalue weighted by Gasteiger charge is 2.50. The van der Waals surface area contributed by atoms with E-state index in [4.69, 9.17) is 4.74 Å². The first kappa shape index (κ1) is 24.2. The second-order valence-electron chi connectivity index (χ2n) is 9.24. The zero-order valence-electron chi connectivity index (χ0n) is 19.2. The van der Waals surface area contributed by atoms with Crippen molar-refractivity contribution in [3.8, 4) is 11.8 Å². The molecule has 2 amide bonds. The Morgan fingerprint density at radius 2 is 1.92 bits per heavy atom. The first-order valence-corrected chi connectivity index (χ1v) is 11.2. The topological polar surface area (TPSA) is 76.5 Å². The van der Waals surface area contributed by atoms with Crippen molar-refractivity contribution in [2.24, 2.45) is 18.9 Å². The van der Waals surface area contributed by atoms with Gasteiger partial charge in [-0.15, -0.1) is 0 Å². The minimum Gasteiger partial charge on any atom is -0.381 e. The number of ether oxygens (including phenoxy) is 1. The van der Waals surface area contributed by atoms with Gasteiger partial charge in [-0.2, -0.15) is 18.3 Å². The highest BCUT2D eigenvalue weighted by atomic mass is 19.4. The van der Waals surface area contributed by atoms with Gasteiger partial charge in [0, 0.05) is 18.5 Å². The number of amides is 2. The lowest BCUT2D eigenvalue weighted by Gasteiger charge is -2.36. The number of nitrogens with one attached hydrogen (secondary N) is 1. The Kier molecular flexibility index (Phi) is 5.78. The van der Waals surface area contributed by atoms with Gasteiger partial charge in [0.05, 0.1) is 36.9 Å². The molecule has 1 aliphatic carbocycles. The first-order chi connectivity index (χ1) is 17.0. The van der Waals surface area contributed by atoms with Gasteiger partial charge in [-0.25, -0.2) is 8.78 Å². The van der Waals surface area contributed by atoms with E-state index in [1.54, 1.807) is 14.0 Å². The molecule has 5 rings (SSSR count). The summed E-state index contributed by atoms with van der Waals surface area (Å²) < 4.78 is 74.8. The highest BCUT2D eigenvalue weighted by Crippen LogP contribution is 2.38. The fourth-order valence-corrected chi connectivity index (χ4v) is 4.92. The third-order valence-electron chi connectivity index (χ3n) is 6.93. The number of fused-ring (bicyclic) bond motifs is 1. The highest BCUT2D eigenvalue weighted by molar-refractivity contribution is 5.98. The molecular weight excluding hydrogens is 487 g/mol. The molecule has 0 unspecified atom stereocenters. The van der Waals surface area contributed by atoms with Gasteiger partial charge >= 0.3 is 6.18 Å². The maximum atomic E-state index is 14.8. The Labute approximate surface area is 202 Å². The van der Waals surface area contributed by atoms with Crippen molar-refractivity contribution in [3.63, 3.8) is 0 Å². The van der Waals surface area contributed by atoms with Gasteiger partial charge in [0.25, 0.3) is 5.91 Å². The lowest BCUT2D eigenvalue weighted by Crippen LogP contribution is -2.52. The molecule has 1 aromatic heterocycles. The molecule has 190 valence electrons. The van der Waals surface area contributed by atoms with Crippen LogP contribution in [0.1, 0.15) is 39.6 Å². The fraction of sp³-hybridized carbons (Fsp3) is 0.458. The smallest absolute Gasteiger partial charge is 0.381 e. The Morgan fingerprint density at radius 1 is 1.19 bits per heavy atom. The van der Waals surface area contributed by atoms with Gasteiger partial charge in [0.1, 0.15) is 29.4 Å². The summed E-state index contributed by atoms with van der Waals surface area (Å²) in [6.45, 7) is 1.91. The van der Waals surface area contributed by atoms with Crippen LogP contribution in [-0.2, 0) is 22.8 Å². The van der Waals surface area contributed by atoms with E-state index in [1.807, 2.05) is 0 Å². The van der Waals surface area contributed by atoms with Crippen LogP contribution in [0, 0.1) is 42.2 Å². The molecule has 7 nitrogen and oxygen atoms in total. The predicted molar refractivity (Wildman–Crippen MR) is 114 cm³/mol. The lowest BCUT2D eigenvalue weighted by molar-refractivity contribution is -0.140. The molecule has 36 heavy (non-hydrogen) atoms. The van der Waals surface area contributed by atoms with Crippen LogP contribution in [0.4, 0.5) is 22.0 Å². The molecule has 4 atom stereocenters. The molecule has 12 heteroatoms. The molecule has 2 aromatic rings. The summed E-state index contributed by atoms with van der Waals surface area (Å²) in [5, 5.41) is 6.73. The van der Waals surface area contributed by atoms with Gasteiger partial charge in [-0.1, -0.05) is 11.8 Å². The number of aryl methyl sites for hydroxylation is 2. The molecule has 0 bridgehead atoms. The number of halogens is 5. The molecule has 0 spiro atoms. The Bertz CT molecular complexity index is 1290. The predicted octanol–water partition coefficient (Wildman–Crippen LogP) is 2.75. The van der Waals surface area contributed by atoms with Crippen LogP contribution in [0.3, 0.4) is 0 Å². The standard InChI is InChI=1S/C24H21F5N4O3/c1-11-8-30-32(2)21(11)23(35)33-18-4-3-12(18)5-19(33)22(34)31-20(13-9-36-10-13)14-6-17(26)15(7-16(14)25)24(27,28)29/h6-8,12-13,18-20H,5,9-10H2,1-2H3,(H,31,34)/t12-,18-,19-,20-/m1/s1. The summed E-state index contributed by atoms with van der Waals surface area (Å²) in [5.41, 5.74) is -1.24. The molecule has 2 fully saturated rings. The first-order valence-electron chi connectivity index (χ1n) is 11.2. The van der Waals surface area contributed by atoms with Crippen molar-refractivity contribution >= 4 is 11.8 Å². The quantitative estimate of drug-likeness (QED) is 0.498. The van der Waals surface area contributed by atoms with Crippen molar-refractivity contribution in [1.82, 2.24) is 20.0 Å². The van der Waals surface area contributed by atoms with Gasteiger partial charge in [0.2, 0.25) is 5.91 Å². The van der Waals surface area contributed by atoms with Crippen molar-refractivity contribution in [2.75, 3.05) is 13.2 Å². The molecule has 0 radical (unpaired) electrons. The number of carbonyl (C=O) groups excluding carboxylic acids is 2. The molecular formula is C24H21F5N4O3. The van der Waals surface area contributed by atoms with Crippen LogP contribution in [0.25, 0.3) is 0 Å². The average Bonchev–Trinajstić information content (AvgIpc) is 3.21. The molecule has 2 aliphatic heterocycles. The largest absolute Gasteiger partial charge is 0.419 e. The zero-order valence-corrected chi connectivity index (χ0v) is 19.2. The average molecular weight is 508 g/mol. The van der Waals surface area contributed by atoms with Gasteiger partial charge in [-0.05, 0) is 31.0 Å². The summed E-state index contributed by atoms with van der Waals surface area (Å²) in [6, 6.07) is -2.06. The lowest BCUT2D eigenvalue weighted by atomic mass is 9.89. The Balaban J connectivity index is 1.44.